The van der Waals surface area contributed by atoms with Gasteiger partial charge in [0.15, 0.2) is 6.10 Å². The van der Waals surface area contributed by atoms with Crippen molar-refractivity contribution in [3.05, 3.63) is 89.0 Å². The second kappa shape index (κ2) is 10.6. The van der Waals surface area contributed by atoms with Gasteiger partial charge in [0.1, 0.15) is 5.75 Å². The van der Waals surface area contributed by atoms with Gasteiger partial charge < -0.3 is 15.4 Å². The average Bonchev–Trinajstić information content (AvgIpc) is 2.79. The van der Waals surface area contributed by atoms with Gasteiger partial charge in [-0.3, -0.25) is 9.59 Å². The van der Waals surface area contributed by atoms with E-state index in [2.05, 4.69) is 31.4 Å². The second-order valence-corrected chi connectivity index (χ2v) is 9.64. The average molecular weight is 459 g/mol. The van der Waals surface area contributed by atoms with Gasteiger partial charge >= 0.3 is 0 Å². The Morgan fingerprint density at radius 2 is 1.53 bits per heavy atom. The van der Waals surface area contributed by atoms with Crippen LogP contribution in [0.15, 0.2) is 66.7 Å². The number of nitrogens with one attached hydrogen (secondary N) is 2. The Balaban J connectivity index is 1.66. The van der Waals surface area contributed by atoms with Crippen molar-refractivity contribution in [1.29, 1.82) is 0 Å². The van der Waals surface area contributed by atoms with Gasteiger partial charge in [0.05, 0.1) is 0 Å². The molecular weight excluding hydrogens is 424 g/mol. The number of hydrogen-bond donors (Lipinski definition) is 2. The first-order valence-electron chi connectivity index (χ1n) is 11.6. The quantitative estimate of drug-likeness (QED) is 0.416. The van der Waals surface area contributed by atoms with Crippen molar-refractivity contribution in [1.82, 2.24) is 0 Å². The molecule has 0 aromatic heterocycles. The molecule has 0 saturated heterocycles. The zero-order chi connectivity index (χ0) is 24.9. The van der Waals surface area contributed by atoms with Crippen molar-refractivity contribution < 1.29 is 14.3 Å². The molecule has 3 rings (SSSR count). The summed E-state index contributed by atoms with van der Waals surface area (Å²) in [7, 11) is 0. The first-order valence-corrected chi connectivity index (χ1v) is 11.6. The molecule has 2 amide bonds. The van der Waals surface area contributed by atoms with E-state index < -0.39 is 6.10 Å². The van der Waals surface area contributed by atoms with Gasteiger partial charge in [-0.2, -0.15) is 0 Å². The summed E-state index contributed by atoms with van der Waals surface area (Å²) in [6, 6.07) is 20.7. The molecule has 5 nitrogen and oxygen atoms in total. The smallest absolute Gasteiger partial charge is 0.265 e. The van der Waals surface area contributed by atoms with Crippen LogP contribution in [-0.2, 0) is 10.2 Å². The molecule has 0 fully saturated rings. The number of amides is 2. The van der Waals surface area contributed by atoms with E-state index in [1.807, 2.05) is 63.2 Å². The van der Waals surface area contributed by atoms with E-state index in [-0.39, 0.29) is 17.2 Å². The molecule has 2 N–H and O–H groups in total. The Morgan fingerprint density at radius 1 is 0.882 bits per heavy atom. The summed E-state index contributed by atoms with van der Waals surface area (Å²) in [5.74, 6) is 0.277. The lowest BCUT2D eigenvalue weighted by atomic mass is 9.87. The predicted octanol–water partition coefficient (Wildman–Crippen LogP) is 6.65. The topological polar surface area (TPSA) is 67.4 Å². The Labute approximate surface area is 202 Å². The van der Waals surface area contributed by atoms with Crippen LogP contribution < -0.4 is 15.4 Å². The van der Waals surface area contributed by atoms with Crippen LogP contribution in [0.2, 0.25) is 0 Å². The lowest BCUT2D eigenvalue weighted by Gasteiger charge is -2.19. The Kier molecular flexibility index (Phi) is 7.77. The molecule has 0 unspecified atom stereocenters. The Bertz CT molecular complexity index is 1160. The molecule has 0 radical (unpaired) electrons. The van der Waals surface area contributed by atoms with Gasteiger partial charge in [-0.1, -0.05) is 58.0 Å². The summed E-state index contributed by atoms with van der Waals surface area (Å²) in [4.78, 5) is 25.6. The molecule has 0 bridgehead atoms. The maximum atomic E-state index is 12.9. The number of carbonyl (C=O) groups excluding carboxylic acids is 2. The number of anilines is 2. The van der Waals surface area contributed by atoms with Gasteiger partial charge in [-0.15, -0.1) is 0 Å². The molecule has 0 aliphatic heterocycles. The van der Waals surface area contributed by atoms with Crippen LogP contribution in [0.25, 0.3) is 0 Å². The van der Waals surface area contributed by atoms with E-state index in [0.29, 0.717) is 29.1 Å². The number of aryl methyl sites for hydroxylation is 2. The molecule has 34 heavy (non-hydrogen) atoms. The SMILES string of the molecule is CC[C@H](Oc1cc(C)ccc1C)C(=O)Nc1cccc(NC(=O)c2ccc(C(C)(C)C)cc2)c1. The molecule has 0 saturated carbocycles. The zero-order valence-corrected chi connectivity index (χ0v) is 20.9. The predicted molar refractivity (Wildman–Crippen MR) is 139 cm³/mol. The first-order chi connectivity index (χ1) is 16.1. The van der Waals surface area contributed by atoms with Crippen LogP contribution in [0.3, 0.4) is 0 Å². The highest BCUT2D eigenvalue weighted by Crippen LogP contribution is 2.24. The van der Waals surface area contributed by atoms with Crippen LogP contribution in [0.5, 0.6) is 5.75 Å². The van der Waals surface area contributed by atoms with Gasteiger partial charge in [0.25, 0.3) is 11.8 Å². The highest BCUT2D eigenvalue weighted by molar-refractivity contribution is 6.04. The van der Waals surface area contributed by atoms with E-state index in [1.165, 1.54) is 5.56 Å². The third-order valence-electron chi connectivity index (χ3n) is 5.68. The maximum Gasteiger partial charge on any atom is 0.265 e. The second-order valence-electron chi connectivity index (χ2n) is 9.64. The molecule has 1 atom stereocenters. The van der Waals surface area contributed by atoms with Crippen molar-refractivity contribution in [2.75, 3.05) is 10.6 Å². The van der Waals surface area contributed by atoms with Gasteiger partial charge in [0.2, 0.25) is 0 Å². The monoisotopic (exact) mass is 458 g/mol. The van der Waals surface area contributed by atoms with Crippen molar-refractivity contribution in [3.63, 3.8) is 0 Å². The van der Waals surface area contributed by atoms with Crippen LogP contribution in [0.1, 0.15) is 61.2 Å². The van der Waals surface area contributed by atoms with E-state index in [0.717, 1.165) is 11.1 Å². The summed E-state index contributed by atoms with van der Waals surface area (Å²) >= 11 is 0. The highest BCUT2D eigenvalue weighted by Gasteiger charge is 2.20. The van der Waals surface area contributed by atoms with E-state index in [4.69, 9.17) is 4.74 Å². The molecule has 5 heteroatoms. The van der Waals surface area contributed by atoms with Crippen LogP contribution in [-0.4, -0.2) is 17.9 Å². The molecule has 0 spiro atoms. The lowest BCUT2D eigenvalue weighted by Crippen LogP contribution is -2.32. The van der Waals surface area contributed by atoms with Gasteiger partial charge in [-0.05, 0) is 78.8 Å². The summed E-state index contributed by atoms with van der Waals surface area (Å²) in [6.07, 6.45) is -0.0969. The molecule has 178 valence electrons. The van der Waals surface area contributed by atoms with Crippen LogP contribution in [0.4, 0.5) is 11.4 Å². The van der Waals surface area contributed by atoms with Crippen LogP contribution in [0, 0.1) is 13.8 Å². The van der Waals surface area contributed by atoms with Crippen molar-refractivity contribution in [2.24, 2.45) is 0 Å². The number of benzene rings is 3. The van der Waals surface area contributed by atoms with E-state index >= 15 is 0 Å². The minimum Gasteiger partial charge on any atom is -0.480 e. The van der Waals surface area contributed by atoms with Crippen LogP contribution >= 0.6 is 0 Å². The van der Waals surface area contributed by atoms with E-state index in [1.54, 1.807) is 24.3 Å². The summed E-state index contributed by atoms with van der Waals surface area (Å²) < 4.78 is 6.01. The summed E-state index contributed by atoms with van der Waals surface area (Å²) in [6.45, 7) is 12.3. The molecule has 0 aliphatic rings. The largest absolute Gasteiger partial charge is 0.480 e. The number of rotatable bonds is 7. The number of carbonyl (C=O) groups is 2. The molecule has 3 aromatic rings. The number of hydrogen-bond acceptors (Lipinski definition) is 3. The molecular formula is C29H34N2O3. The molecule has 0 heterocycles. The van der Waals surface area contributed by atoms with Gasteiger partial charge in [0, 0.05) is 16.9 Å². The summed E-state index contributed by atoms with van der Waals surface area (Å²) in [5, 5.41) is 5.81. The Hall–Kier alpha value is -3.60. The number of ether oxygens (including phenoxy) is 1. The summed E-state index contributed by atoms with van der Waals surface area (Å²) in [5.41, 5.74) is 5.03. The maximum absolute atomic E-state index is 12.9. The fraction of sp³-hybridized carbons (Fsp3) is 0.310. The normalized spacial score (nSPS) is 12.1. The van der Waals surface area contributed by atoms with Crippen molar-refractivity contribution in [3.8, 4) is 5.75 Å². The third-order valence-corrected chi connectivity index (χ3v) is 5.68. The van der Waals surface area contributed by atoms with Gasteiger partial charge in [-0.25, -0.2) is 0 Å². The van der Waals surface area contributed by atoms with E-state index in [9.17, 15) is 9.59 Å². The molecule has 0 aliphatic carbocycles. The first kappa shape index (κ1) is 25.0. The fourth-order valence-electron chi connectivity index (χ4n) is 3.53. The third kappa shape index (κ3) is 6.47. The lowest BCUT2D eigenvalue weighted by molar-refractivity contribution is -0.122. The highest BCUT2D eigenvalue weighted by atomic mass is 16.5. The minimum atomic E-state index is -0.625. The van der Waals surface area contributed by atoms with Crippen molar-refractivity contribution >= 4 is 23.2 Å². The fourth-order valence-corrected chi connectivity index (χ4v) is 3.53. The Morgan fingerprint density at radius 3 is 2.15 bits per heavy atom. The molecule has 3 aromatic carbocycles. The van der Waals surface area contributed by atoms with Crippen molar-refractivity contribution in [2.45, 2.75) is 59.5 Å². The minimum absolute atomic E-state index is 0.0274. The zero-order valence-electron chi connectivity index (χ0n) is 20.9. The standard InChI is InChI=1S/C29H34N2O3/c1-7-25(34-26-17-19(2)11-12-20(26)3)28(33)31-24-10-8-9-23(18-24)30-27(32)21-13-15-22(16-14-21)29(4,5)6/h8-18,25H,7H2,1-6H3,(H,30,32)(H,31,33)/t25-/m0/s1.